The van der Waals surface area contributed by atoms with Crippen LogP contribution in [-0.4, -0.2) is 83.1 Å². The van der Waals surface area contributed by atoms with Gasteiger partial charge in [-0.15, -0.1) is 0 Å². The first kappa shape index (κ1) is 15.9. The van der Waals surface area contributed by atoms with E-state index in [1.165, 1.54) is 6.26 Å². The van der Waals surface area contributed by atoms with Gasteiger partial charge in [0.25, 0.3) is 0 Å². The van der Waals surface area contributed by atoms with E-state index in [2.05, 4.69) is 29.2 Å². The van der Waals surface area contributed by atoms with Crippen LogP contribution in [0.1, 0.15) is 12.8 Å². The van der Waals surface area contributed by atoms with Crippen molar-refractivity contribution in [3.63, 3.8) is 0 Å². The lowest BCUT2D eigenvalue weighted by Crippen LogP contribution is -2.52. The molecule has 1 rings (SSSR count). The van der Waals surface area contributed by atoms with Crippen molar-refractivity contribution in [3.8, 4) is 0 Å². The molecule has 5 nitrogen and oxygen atoms in total. The Labute approximate surface area is 111 Å². The fourth-order valence-corrected chi connectivity index (χ4v) is 3.13. The molecule has 0 bridgehead atoms. The molecule has 1 saturated heterocycles. The van der Waals surface area contributed by atoms with Gasteiger partial charge in [0.2, 0.25) is 0 Å². The van der Waals surface area contributed by atoms with E-state index in [1.54, 1.807) is 0 Å². The Hall–Kier alpha value is -0.170. The number of nitrogens with zero attached hydrogens (tertiary/aromatic N) is 2. The maximum atomic E-state index is 11.2. The molecule has 2 unspecified atom stereocenters. The smallest absolute Gasteiger partial charge is 0.147 e. The van der Waals surface area contributed by atoms with Crippen LogP contribution in [0.5, 0.6) is 0 Å². The summed E-state index contributed by atoms with van der Waals surface area (Å²) in [6.45, 7) is 3.26. The van der Waals surface area contributed by atoms with Crippen LogP contribution >= 0.6 is 0 Å². The van der Waals surface area contributed by atoms with Gasteiger partial charge in [0.15, 0.2) is 0 Å². The molecule has 1 N–H and O–H groups in total. The third-order valence-electron chi connectivity index (χ3n) is 3.78. The van der Waals surface area contributed by atoms with Crippen molar-refractivity contribution in [3.05, 3.63) is 0 Å². The van der Waals surface area contributed by atoms with E-state index in [0.717, 1.165) is 26.1 Å². The molecule has 0 aromatic rings. The summed E-state index contributed by atoms with van der Waals surface area (Å²) in [5.74, 6) is 0.269. The van der Waals surface area contributed by atoms with Crippen molar-refractivity contribution in [1.29, 1.82) is 0 Å². The molecule has 0 spiro atoms. The summed E-state index contributed by atoms with van der Waals surface area (Å²) in [6.07, 6.45) is 3.01. The van der Waals surface area contributed by atoms with Crippen LogP contribution < -0.4 is 5.32 Å². The molecule has 1 aliphatic rings. The topological polar surface area (TPSA) is 52.7 Å². The average molecular weight is 277 g/mol. The molecule has 18 heavy (non-hydrogen) atoms. The first-order valence-corrected chi connectivity index (χ1v) is 8.61. The second-order valence-electron chi connectivity index (χ2n) is 5.54. The maximum Gasteiger partial charge on any atom is 0.147 e. The number of hydrogen-bond donors (Lipinski definition) is 1. The summed E-state index contributed by atoms with van der Waals surface area (Å²) in [5, 5.41) is 3.25. The van der Waals surface area contributed by atoms with Gasteiger partial charge in [0.05, 0.1) is 5.75 Å². The predicted molar refractivity (Wildman–Crippen MR) is 75.7 cm³/mol. The Morgan fingerprint density at radius 1 is 1.33 bits per heavy atom. The summed E-state index contributed by atoms with van der Waals surface area (Å²) in [6, 6.07) is 0.791. The van der Waals surface area contributed by atoms with Crippen molar-refractivity contribution in [2.24, 2.45) is 0 Å². The number of rotatable bonds is 6. The molecule has 2 atom stereocenters. The van der Waals surface area contributed by atoms with E-state index in [9.17, 15) is 8.42 Å². The Balaban J connectivity index is 2.46. The minimum absolute atomic E-state index is 0.269. The molecule has 6 heteroatoms. The van der Waals surface area contributed by atoms with E-state index in [-0.39, 0.29) is 11.8 Å². The lowest BCUT2D eigenvalue weighted by molar-refractivity contribution is 0.101. The molecular formula is C12H27N3O2S. The highest BCUT2D eigenvalue weighted by molar-refractivity contribution is 7.90. The van der Waals surface area contributed by atoms with Crippen LogP contribution in [0, 0.1) is 0 Å². The van der Waals surface area contributed by atoms with Gasteiger partial charge in [-0.1, -0.05) is 0 Å². The molecule has 1 aliphatic heterocycles. The third kappa shape index (κ3) is 5.65. The quantitative estimate of drug-likeness (QED) is 0.719. The summed E-state index contributed by atoms with van der Waals surface area (Å²) >= 11 is 0. The van der Waals surface area contributed by atoms with E-state index >= 15 is 0 Å². The lowest BCUT2D eigenvalue weighted by Gasteiger charge is -2.39. The van der Waals surface area contributed by atoms with Gasteiger partial charge in [0.1, 0.15) is 9.84 Å². The number of piperazine rings is 1. The maximum absolute atomic E-state index is 11.2. The molecule has 0 radical (unpaired) electrons. The molecule has 1 heterocycles. The van der Waals surface area contributed by atoms with Crippen molar-refractivity contribution < 1.29 is 8.42 Å². The first-order valence-electron chi connectivity index (χ1n) is 6.55. The van der Waals surface area contributed by atoms with Gasteiger partial charge in [-0.2, -0.15) is 0 Å². The number of sulfone groups is 1. The van der Waals surface area contributed by atoms with Crippen molar-refractivity contribution in [2.75, 3.05) is 52.8 Å². The van der Waals surface area contributed by atoms with E-state index in [4.69, 9.17) is 0 Å². The highest BCUT2D eigenvalue weighted by atomic mass is 32.2. The molecule has 108 valence electrons. The van der Waals surface area contributed by atoms with Crippen LogP contribution in [0.25, 0.3) is 0 Å². The molecule has 0 aliphatic carbocycles. The molecule has 0 aromatic heterocycles. The fraction of sp³-hybridized carbons (Fsp3) is 1.00. The highest BCUT2D eigenvalue weighted by Gasteiger charge is 2.25. The Kier molecular flexibility index (Phi) is 6.04. The molecular weight excluding hydrogens is 250 g/mol. The average Bonchev–Trinajstić information content (AvgIpc) is 2.27. The van der Waals surface area contributed by atoms with Gasteiger partial charge in [-0.3, -0.25) is 0 Å². The van der Waals surface area contributed by atoms with Crippen LogP contribution in [0.2, 0.25) is 0 Å². The lowest BCUT2D eigenvalue weighted by atomic mass is 10.0. The van der Waals surface area contributed by atoms with Crippen molar-refractivity contribution in [2.45, 2.75) is 24.9 Å². The second kappa shape index (κ2) is 6.84. The van der Waals surface area contributed by atoms with Crippen molar-refractivity contribution in [1.82, 2.24) is 15.1 Å². The number of likely N-dealkylation sites (N-methyl/N-ethyl adjacent to an activating group) is 2. The monoisotopic (exact) mass is 277 g/mol. The highest BCUT2D eigenvalue weighted by Crippen LogP contribution is 2.13. The normalized spacial score (nSPS) is 25.2. The number of hydrogen-bond acceptors (Lipinski definition) is 5. The zero-order valence-corrected chi connectivity index (χ0v) is 12.8. The van der Waals surface area contributed by atoms with E-state index < -0.39 is 9.84 Å². The summed E-state index contributed by atoms with van der Waals surface area (Å²) in [4.78, 5) is 4.72. The van der Waals surface area contributed by atoms with Gasteiger partial charge in [-0.05, 0) is 34.0 Å². The Bertz CT molecular complexity index is 345. The van der Waals surface area contributed by atoms with Gasteiger partial charge < -0.3 is 15.1 Å². The number of nitrogens with one attached hydrogen (secondary N) is 1. The second-order valence-corrected chi connectivity index (χ2v) is 7.80. The zero-order valence-electron chi connectivity index (χ0n) is 12.0. The Morgan fingerprint density at radius 3 is 2.56 bits per heavy atom. The zero-order chi connectivity index (χ0) is 13.8. The largest absolute Gasteiger partial charge is 0.317 e. The van der Waals surface area contributed by atoms with Crippen LogP contribution in [-0.2, 0) is 9.84 Å². The van der Waals surface area contributed by atoms with Crippen LogP contribution in [0.4, 0.5) is 0 Å². The molecule has 0 amide bonds. The van der Waals surface area contributed by atoms with Crippen molar-refractivity contribution >= 4 is 9.84 Å². The summed E-state index contributed by atoms with van der Waals surface area (Å²) in [5.41, 5.74) is 0. The first-order chi connectivity index (χ1) is 8.31. The molecule has 0 aromatic carbocycles. The van der Waals surface area contributed by atoms with Gasteiger partial charge in [-0.25, -0.2) is 8.42 Å². The fourth-order valence-electron chi connectivity index (χ4n) is 2.42. The standard InChI is InChI=1S/C12H27N3O2S/c1-13-11(5-8-18(4,16)17)9-12-10-14(2)6-7-15(12)3/h11-13H,5-10H2,1-4H3. The minimum atomic E-state index is -2.86. The van der Waals surface area contributed by atoms with E-state index in [0.29, 0.717) is 12.5 Å². The van der Waals surface area contributed by atoms with Gasteiger partial charge >= 0.3 is 0 Å². The SMILES string of the molecule is CNC(CCS(C)(=O)=O)CC1CN(C)CCN1C. The van der Waals surface area contributed by atoms with E-state index in [1.807, 2.05) is 7.05 Å². The predicted octanol–water partition coefficient (Wildman–Crippen LogP) is -0.355. The summed E-state index contributed by atoms with van der Waals surface area (Å²) in [7, 11) is 3.36. The van der Waals surface area contributed by atoms with Crippen LogP contribution in [0.15, 0.2) is 0 Å². The summed E-state index contributed by atoms with van der Waals surface area (Å²) < 4.78 is 22.4. The Morgan fingerprint density at radius 2 is 2.00 bits per heavy atom. The van der Waals surface area contributed by atoms with Crippen LogP contribution in [0.3, 0.4) is 0 Å². The third-order valence-corrected chi connectivity index (χ3v) is 4.76. The molecule has 1 fully saturated rings. The van der Waals surface area contributed by atoms with Gasteiger partial charge in [0, 0.05) is 38.0 Å². The minimum Gasteiger partial charge on any atom is -0.317 e. The molecule has 0 saturated carbocycles.